The third-order valence-corrected chi connectivity index (χ3v) is 2.94. The van der Waals surface area contributed by atoms with Gasteiger partial charge in [0.15, 0.2) is 0 Å². The number of benzene rings is 1. The molecule has 0 fully saturated rings. The van der Waals surface area contributed by atoms with Crippen LogP contribution in [0.1, 0.15) is 18.9 Å². The Morgan fingerprint density at radius 2 is 2.06 bits per heavy atom. The fourth-order valence-electron chi connectivity index (χ4n) is 1.53. The molecule has 0 bridgehead atoms. The van der Waals surface area contributed by atoms with E-state index < -0.39 is 0 Å². The summed E-state index contributed by atoms with van der Waals surface area (Å²) in [5.41, 5.74) is 1.09. The molecule has 0 saturated carbocycles. The highest BCUT2D eigenvalue weighted by molar-refractivity contribution is 7.81. The first kappa shape index (κ1) is 14.1. The first-order chi connectivity index (χ1) is 8.13. The van der Waals surface area contributed by atoms with E-state index in [4.69, 9.17) is 5.11 Å². The molecule has 0 heterocycles. The van der Waals surface area contributed by atoms with Crippen LogP contribution in [-0.4, -0.2) is 28.9 Å². The van der Waals surface area contributed by atoms with Gasteiger partial charge in [-0.05, 0) is 25.3 Å². The maximum absolute atomic E-state index is 11.8. The van der Waals surface area contributed by atoms with Crippen molar-refractivity contribution in [2.75, 3.05) is 6.61 Å². The number of amides is 1. The van der Waals surface area contributed by atoms with E-state index in [1.807, 2.05) is 37.3 Å². The molecule has 1 aromatic rings. The number of aliphatic hydroxyl groups excluding tert-OH is 1. The van der Waals surface area contributed by atoms with Crippen molar-refractivity contribution < 1.29 is 9.90 Å². The van der Waals surface area contributed by atoms with E-state index in [0.29, 0.717) is 12.8 Å². The van der Waals surface area contributed by atoms with Crippen LogP contribution in [0.2, 0.25) is 0 Å². The topological polar surface area (TPSA) is 49.3 Å². The Morgan fingerprint density at radius 3 is 2.65 bits per heavy atom. The molecule has 94 valence electrons. The van der Waals surface area contributed by atoms with Gasteiger partial charge in [-0.15, -0.1) is 0 Å². The number of carbonyl (C=O) groups excluding carboxylic acids is 1. The second kappa shape index (κ2) is 7.35. The maximum Gasteiger partial charge on any atom is 0.233 e. The lowest BCUT2D eigenvalue weighted by Crippen LogP contribution is -2.39. The zero-order chi connectivity index (χ0) is 12.7. The van der Waals surface area contributed by atoms with E-state index in [1.165, 1.54) is 0 Å². The zero-order valence-electron chi connectivity index (χ0n) is 9.97. The normalized spacial score (nSPS) is 14.1. The lowest BCUT2D eigenvalue weighted by atomic mass is 10.1. The highest BCUT2D eigenvalue weighted by Gasteiger charge is 2.16. The standard InChI is InChI=1S/C13H19NO2S/c1-10(7-8-15)14-13(16)12(17)9-11-5-3-2-4-6-11/h2-6,10,12,15,17H,7-9H2,1H3,(H,14,16). The molecule has 0 spiro atoms. The van der Waals surface area contributed by atoms with Gasteiger partial charge in [-0.25, -0.2) is 0 Å². The minimum Gasteiger partial charge on any atom is -0.396 e. The number of thiol groups is 1. The van der Waals surface area contributed by atoms with Crippen LogP contribution in [0.5, 0.6) is 0 Å². The number of nitrogens with one attached hydrogen (secondary N) is 1. The van der Waals surface area contributed by atoms with Crippen LogP contribution in [0.25, 0.3) is 0 Å². The van der Waals surface area contributed by atoms with Crippen molar-refractivity contribution in [1.82, 2.24) is 5.32 Å². The van der Waals surface area contributed by atoms with E-state index in [2.05, 4.69) is 17.9 Å². The molecule has 0 aliphatic heterocycles. The molecule has 2 N–H and O–H groups in total. The molecule has 3 nitrogen and oxygen atoms in total. The van der Waals surface area contributed by atoms with Crippen LogP contribution < -0.4 is 5.32 Å². The van der Waals surface area contributed by atoms with Crippen molar-refractivity contribution in [1.29, 1.82) is 0 Å². The van der Waals surface area contributed by atoms with Gasteiger partial charge in [0.25, 0.3) is 0 Å². The quantitative estimate of drug-likeness (QED) is 0.671. The zero-order valence-corrected chi connectivity index (χ0v) is 10.9. The van der Waals surface area contributed by atoms with Gasteiger partial charge in [-0.2, -0.15) is 12.6 Å². The largest absolute Gasteiger partial charge is 0.396 e. The van der Waals surface area contributed by atoms with E-state index in [-0.39, 0.29) is 23.8 Å². The van der Waals surface area contributed by atoms with E-state index in [1.54, 1.807) is 0 Å². The van der Waals surface area contributed by atoms with E-state index >= 15 is 0 Å². The first-order valence-electron chi connectivity index (χ1n) is 5.76. The van der Waals surface area contributed by atoms with Crippen molar-refractivity contribution in [3.8, 4) is 0 Å². The number of hydrogen-bond acceptors (Lipinski definition) is 3. The predicted molar refractivity (Wildman–Crippen MR) is 72.2 cm³/mol. The number of rotatable bonds is 6. The van der Waals surface area contributed by atoms with Gasteiger partial charge in [-0.1, -0.05) is 30.3 Å². The molecular formula is C13H19NO2S. The van der Waals surface area contributed by atoms with Crippen LogP contribution in [0.4, 0.5) is 0 Å². The summed E-state index contributed by atoms with van der Waals surface area (Å²) in [5, 5.41) is 11.2. The van der Waals surface area contributed by atoms with Gasteiger partial charge < -0.3 is 10.4 Å². The SMILES string of the molecule is CC(CCO)NC(=O)C(S)Cc1ccccc1. The summed E-state index contributed by atoms with van der Waals surface area (Å²) in [6.45, 7) is 1.95. The van der Waals surface area contributed by atoms with E-state index in [0.717, 1.165) is 5.56 Å². The number of carbonyl (C=O) groups is 1. The van der Waals surface area contributed by atoms with Gasteiger partial charge in [0, 0.05) is 12.6 Å². The summed E-state index contributed by atoms with van der Waals surface area (Å²) >= 11 is 4.30. The van der Waals surface area contributed by atoms with Crippen molar-refractivity contribution in [2.45, 2.75) is 31.1 Å². The molecule has 0 radical (unpaired) electrons. The molecule has 2 atom stereocenters. The van der Waals surface area contributed by atoms with Crippen LogP contribution >= 0.6 is 12.6 Å². The van der Waals surface area contributed by atoms with Crippen molar-refractivity contribution in [3.05, 3.63) is 35.9 Å². The Hall–Kier alpha value is -1.00. The summed E-state index contributed by atoms with van der Waals surface area (Å²) < 4.78 is 0. The summed E-state index contributed by atoms with van der Waals surface area (Å²) in [4.78, 5) is 11.8. The molecule has 0 aromatic heterocycles. The Morgan fingerprint density at radius 1 is 1.41 bits per heavy atom. The molecule has 1 rings (SSSR count). The third-order valence-electron chi connectivity index (χ3n) is 2.53. The average molecular weight is 253 g/mol. The van der Waals surface area contributed by atoms with Crippen molar-refractivity contribution in [3.63, 3.8) is 0 Å². The van der Waals surface area contributed by atoms with E-state index in [9.17, 15) is 4.79 Å². The Labute approximate surface area is 108 Å². The average Bonchev–Trinajstić information content (AvgIpc) is 2.30. The predicted octanol–water partition coefficient (Wildman–Crippen LogP) is 1.41. The van der Waals surface area contributed by atoms with Crippen LogP contribution in [0.15, 0.2) is 30.3 Å². The molecular weight excluding hydrogens is 234 g/mol. The fraction of sp³-hybridized carbons (Fsp3) is 0.462. The van der Waals surface area contributed by atoms with Gasteiger partial charge in [0.2, 0.25) is 5.91 Å². The van der Waals surface area contributed by atoms with Gasteiger partial charge in [-0.3, -0.25) is 4.79 Å². The van der Waals surface area contributed by atoms with Crippen LogP contribution in [-0.2, 0) is 11.2 Å². The second-order valence-electron chi connectivity index (χ2n) is 4.13. The lowest BCUT2D eigenvalue weighted by molar-refractivity contribution is -0.121. The molecule has 1 aromatic carbocycles. The fourth-order valence-corrected chi connectivity index (χ4v) is 1.82. The Bertz CT molecular complexity index is 343. The highest BCUT2D eigenvalue weighted by Crippen LogP contribution is 2.08. The monoisotopic (exact) mass is 253 g/mol. The summed E-state index contributed by atoms with van der Waals surface area (Å²) in [5.74, 6) is -0.0851. The summed E-state index contributed by atoms with van der Waals surface area (Å²) in [6, 6.07) is 9.78. The summed E-state index contributed by atoms with van der Waals surface area (Å²) in [6.07, 6.45) is 1.18. The summed E-state index contributed by atoms with van der Waals surface area (Å²) in [7, 11) is 0. The van der Waals surface area contributed by atoms with Crippen molar-refractivity contribution in [2.24, 2.45) is 0 Å². The molecule has 0 saturated heterocycles. The smallest absolute Gasteiger partial charge is 0.233 e. The molecule has 0 aliphatic carbocycles. The lowest BCUT2D eigenvalue weighted by Gasteiger charge is -2.16. The molecule has 1 amide bonds. The minimum atomic E-state index is -0.349. The molecule has 17 heavy (non-hydrogen) atoms. The van der Waals surface area contributed by atoms with Gasteiger partial charge in [0.1, 0.15) is 0 Å². The van der Waals surface area contributed by atoms with Gasteiger partial charge >= 0.3 is 0 Å². The minimum absolute atomic E-state index is 0.0158. The maximum atomic E-state index is 11.8. The molecule has 4 heteroatoms. The van der Waals surface area contributed by atoms with Crippen LogP contribution in [0.3, 0.4) is 0 Å². The Kier molecular flexibility index (Phi) is 6.08. The van der Waals surface area contributed by atoms with Crippen molar-refractivity contribution >= 4 is 18.5 Å². The molecule has 0 aliphatic rings. The second-order valence-corrected chi connectivity index (χ2v) is 4.75. The number of hydrogen-bond donors (Lipinski definition) is 3. The van der Waals surface area contributed by atoms with Crippen LogP contribution in [0, 0.1) is 0 Å². The third kappa shape index (κ3) is 5.24. The highest BCUT2D eigenvalue weighted by atomic mass is 32.1. The first-order valence-corrected chi connectivity index (χ1v) is 6.28. The number of aliphatic hydroxyl groups is 1. The molecule has 2 unspecified atom stereocenters. The Balaban J connectivity index is 2.42. The van der Waals surface area contributed by atoms with Gasteiger partial charge in [0.05, 0.1) is 5.25 Å².